The van der Waals surface area contributed by atoms with Crippen LogP contribution in [-0.2, 0) is 10.2 Å². The minimum atomic E-state index is -0.559. The summed E-state index contributed by atoms with van der Waals surface area (Å²) >= 11 is 0. The number of amides is 1. The highest BCUT2D eigenvalue weighted by Gasteiger charge is 2.22. The van der Waals surface area contributed by atoms with E-state index in [1.54, 1.807) is 12.4 Å². The van der Waals surface area contributed by atoms with Gasteiger partial charge in [0.25, 0.3) is 0 Å². The van der Waals surface area contributed by atoms with Gasteiger partial charge < -0.3 is 5.32 Å². The van der Waals surface area contributed by atoms with Crippen LogP contribution in [0.1, 0.15) is 40.2 Å². The van der Waals surface area contributed by atoms with Crippen LogP contribution in [0.3, 0.4) is 0 Å². The fraction of sp³-hybridized carbons (Fsp3) is 0.233. The number of anilines is 1. The van der Waals surface area contributed by atoms with Gasteiger partial charge in [0.05, 0.1) is 46.3 Å². The Bertz CT molecular complexity index is 1680. The lowest BCUT2D eigenvalue weighted by Gasteiger charge is -2.17. The molecule has 2 aromatic carbocycles. The maximum Gasteiger partial charge on any atom is 0.229 e. The van der Waals surface area contributed by atoms with Crippen LogP contribution >= 0.6 is 0 Å². The number of fused-ring (bicyclic) bond motifs is 3. The average Bonchev–Trinajstić information content (AvgIpc) is 3.38. The number of H-pyrrole nitrogens is 1. The number of benzene rings is 2. The van der Waals surface area contributed by atoms with Crippen molar-refractivity contribution in [1.29, 1.82) is 5.26 Å². The van der Waals surface area contributed by atoms with Gasteiger partial charge in [-0.05, 0) is 43.2 Å². The van der Waals surface area contributed by atoms with Gasteiger partial charge in [-0.2, -0.15) is 10.4 Å². The Labute approximate surface area is 215 Å². The highest BCUT2D eigenvalue weighted by atomic mass is 16.2. The number of rotatable bonds is 4. The fourth-order valence-corrected chi connectivity index (χ4v) is 4.18. The molecule has 0 aliphatic rings. The number of carbonyl (C=O) groups excluding carboxylic acids is 1. The first-order valence-electron chi connectivity index (χ1n) is 12.1. The number of hydrogen-bond acceptors (Lipinski definition) is 5. The van der Waals surface area contributed by atoms with E-state index >= 15 is 0 Å². The number of nitrogens with one attached hydrogen (secondary N) is 2. The molecule has 0 radical (unpaired) electrons. The minimum absolute atomic E-state index is 0.0639. The second-order valence-electron chi connectivity index (χ2n) is 10.8. The third kappa shape index (κ3) is 4.54. The van der Waals surface area contributed by atoms with Gasteiger partial charge in [-0.1, -0.05) is 51.1 Å². The molecule has 3 heterocycles. The Morgan fingerprint density at radius 2 is 1.62 bits per heavy atom. The van der Waals surface area contributed by atoms with E-state index in [0.29, 0.717) is 5.69 Å². The molecular weight excluding hydrogens is 460 g/mol. The lowest BCUT2D eigenvalue weighted by molar-refractivity contribution is -0.123. The van der Waals surface area contributed by atoms with Crippen LogP contribution in [0, 0.1) is 16.7 Å². The standard InChI is InChI=1S/C30H28N6O/c1-29(2,3)28(37)34-22-12-20(14-32-15-22)19-8-11-25-23(13-19)24-16-33-36-27(24)26(35-25)18-6-9-21(10-7-18)30(4,5)17-31/h6-16H,1-5H3,(H,33,36)(H,34,37). The summed E-state index contributed by atoms with van der Waals surface area (Å²) in [5, 5.41) is 21.8. The van der Waals surface area contributed by atoms with Crippen LogP contribution in [0.15, 0.2) is 67.1 Å². The van der Waals surface area contributed by atoms with Crippen LogP contribution in [0.2, 0.25) is 0 Å². The number of aromatic amines is 1. The van der Waals surface area contributed by atoms with Gasteiger partial charge in [0.2, 0.25) is 5.91 Å². The first kappa shape index (κ1) is 24.1. The summed E-state index contributed by atoms with van der Waals surface area (Å²) in [6.07, 6.45) is 5.25. The molecule has 0 unspecified atom stereocenters. The van der Waals surface area contributed by atoms with Crippen LogP contribution in [0.4, 0.5) is 5.69 Å². The van der Waals surface area contributed by atoms with Gasteiger partial charge in [0.1, 0.15) is 0 Å². The number of aromatic nitrogens is 4. The maximum atomic E-state index is 12.4. The van der Waals surface area contributed by atoms with Gasteiger partial charge in [0, 0.05) is 33.5 Å². The van der Waals surface area contributed by atoms with E-state index in [1.807, 2.05) is 83.3 Å². The summed E-state index contributed by atoms with van der Waals surface area (Å²) in [7, 11) is 0. The number of nitrogens with zero attached hydrogens (tertiary/aromatic N) is 4. The summed E-state index contributed by atoms with van der Waals surface area (Å²) in [5.74, 6) is -0.0639. The van der Waals surface area contributed by atoms with E-state index in [0.717, 1.165) is 49.8 Å². The average molecular weight is 489 g/mol. The van der Waals surface area contributed by atoms with Crippen LogP contribution in [0.5, 0.6) is 0 Å². The van der Waals surface area contributed by atoms with E-state index in [-0.39, 0.29) is 5.91 Å². The van der Waals surface area contributed by atoms with Crippen molar-refractivity contribution in [2.45, 2.75) is 40.0 Å². The van der Waals surface area contributed by atoms with E-state index in [2.05, 4.69) is 32.6 Å². The van der Waals surface area contributed by atoms with Crippen molar-refractivity contribution >= 4 is 33.4 Å². The third-order valence-corrected chi connectivity index (χ3v) is 6.57. The van der Waals surface area contributed by atoms with Crippen LogP contribution < -0.4 is 5.32 Å². The van der Waals surface area contributed by atoms with Crippen LogP contribution in [-0.4, -0.2) is 26.1 Å². The summed E-state index contributed by atoms with van der Waals surface area (Å²) < 4.78 is 0. The molecule has 5 rings (SSSR count). The van der Waals surface area contributed by atoms with Crippen LogP contribution in [0.25, 0.3) is 44.2 Å². The molecule has 37 heavy (non-hydrogen) atoms. The monoisotopic (exact) mass is 488 g/mol. The summed E-state index contributed by atoms with van der Waals surface area (Å²) in [5.41, 5.74) is 5.87. The van der Waals surface area contributed by atoms with Crippen molar-refractivity contribution in [2.75, 3.05) is 5.32 Å². The number of pyridine rings is 2. The molecule has 0 fully saturated rings. The molecule has 5 aromatic rings. The highest BCUT2D eigenvalue weighted by Crippen LogP contribution is 2.34. The van der Waals surface area contributed by atoms with E-state index in [9.17, 15) is 10.1 Å². The van der Waals surface area contributed by atoms with E-state index in [4.69, 9.17) is 4.98 Å². The summed E-state index contributed by atoms with van der Waals surface area (Å²) in [6, 6.07) is 18.3. The number of hydrogen-bond donors (Lipinski definition) is 2. The van der Waals surface area contributed by atoms with E-state index < -0.39 is 10.8 Å². The Morgan fingerprint density at radius 1 is 0.892 bits per heavy atom. The molecule has 0 bridgehead atoms. The lowest BCUT2D eigenvalue weighted by Crippen LogP contribution is -2.27. The normalized spacial score (nSPS) is 12.0. The molecule has 2 N–H and O–H groups in total. The largest absolute Gasteiger partial charge is 0.324 e. The first-order chi connectivity index (χ1) is 17.6. The Morgan fingerprint density at radius 3 is 2.32 bits per heavy atom. The van der Waals surface area contributed by atoms with Crippen molar-refractivity contribution in [2.24, 2.45) is 5.41 Å². The molecular formula is C30H28N6O. The minimum Gasteiger partial charge on any atom is -0.324 e. The molecule has 0 saturated heterocycles. The Kier molecular flexibility index (Phi) is 5.76. The molecule has 0 aliphatic carbocycles. The Balaban J connectivity index is 1.55. The van der Waals surface area contributed by atoms with Gasteiger partial charge in [-0.3, -0.25) is 14.9 Å². The van der Waals surface area contributed by atoms with Crippen molar-refractivity contribution in [3.8, 4) is 28.5 Å². The zero-order valence-corrected chi connectivity index (χ0v) is 21.5. The van der Waals surface area contributed by atoms with Crippen molar-refractivity contribution in [3.63, 3.8) is 0 Å². The molecule has 1 amide bonds. The third-order valence-electron chi connectivity index (χ3n) is 6.57. The van der Waals surface area contributed by atoms with Crippen molar-refractivity contribution in [3.05, 3.63) is 72.7 Å². The van der Waals surface area contributed by atoms with Gasteiger partial charge in [0.15, 0.2) is 0 Å². The number of carbonyl (C=O) groups is 1. The molecule has 184 valence electrons. The number of nitriles is 1. The maximum absolute atomic E-state index is 12.4. The zero-order valence-electron chi connectivity index (χ0n) is 21.5. The zero-order chi connectivity index (χ0) is 26.4. The molecule has 0 saturated carbocycles. The SMILES string of the molecule is CC(C)(C)C(=O)Nc1cncc(-c2ccc3nc(-c4ccc(C(C)(C)C#N)cc4)c4[nH]ncc4c3c2)c1. The lowest BCUT2D eigenvalue weighted by atomic mass is 9.86. The van der Waals surface area contributed by atoms with Gasteiger partial charge >= 0.3 is 0 Å². The quantitative estimate of drug-likeness (QED) is 0.295. The van der Waals surface area contributed by atoms with Gasteiger partial charge in [-0.15, -0.1) is 0 Å². The van der Waals surface area contributed by atoms with Crippen molar-refractivity contribution in [1.82, 2.24) is 20.2 Å². The smallest absolute Gasteiger partial charge is 0.229 e. The predicted molar refractivity (Wildman–Crippen MR) is 147 cm³/mol. The molecule has 3 aromatic heterocycles. The molecule has 7 nitrogen and oxygen atoms in total. The van der Waals surface area contributed by atoms with Gasteiger partial charge in [-0.25, -0.2) is 4.98 Å². The predicted octanol–water partition coefficient (Wildman–Crippen LogP) is 6.63. The molecule has 7 heteroatoms. The first-order valence-corrected chi connectivity index (χ1v) is 12.1. The van der Waals surface area contributed by atoms with E-state index in [1.165, 1.54) is 0 Å². The molecule has 0 spiro atoms. The molecule has 0 aliphatic heterocycles. The summed E-state index contributed by atoms with van der Waals surface area (Å²) in [4.78, 5) is 21.7. The Hall–Kier alpha value is -4.57. The fourth-order valence-electron chi connectivity index (χ4n) is 4.18. The highest BCUT2D eigenvalue weighted by molar-refractivity contribution is 6.10. The second-order valence-corrected chi connectivity index (χ2v) is 10.8. The second kappa shape index (κ2) is 8.82. The van der Waals surface area contributed by atoms with Crippen molar-refractivity contribution < 1.29 is 4.79 Å². The molecule has 0 atom stereocenters. The topological polar surface area (TPSA) is 107 Å². The summed E-state index contributed by atoms with van der Waals surface area (Å²) in [6.45, 7) is 9.45.